The number of carbonyl (C=O) groups is 1. The lowest BCUT2D eigenvalue weighted by Gasteiger charge is -2.20. The molecule has 2 amide bonds. The lowest BCUT2D eigenvalue weighted by Crippen LogP contribution is -2.41. The van der Waals surface area contributed by atoms with E-state index in [1.165, 1.54) is 12.8 Å². The molecular formula is C16H24N2O2. The van der Waals surface area contributed by atoms with Crippen LogP contribution in [0, 0.1) is 6.92 Å². The van der Waals surface area contributed by atoms with E-state index in [1.807, 2.05) is 36.1 Å². The highest BCUT2D eigenvalue weighted by molar-refractivity contribution is 5.74. The van der Waals surface area contributed by atoms with Crippen LogP contribution in [0.25, 0.3) is 0 Å². The predicted molar refractivity (Wildman–Crippen MR) is 80.1 cm³/mol. The molecule has 0 saturated carbocycles. The Hall–Kier alpha value is -1.71. The smallest absolute Gasteiger partial charge is 0.317 e. The Labute approximate surface area is 121 Å². The molecule has 0 unspecified atom stereocenters. The van der Waals surface area contributed by atoms with E-state index >= 15 is 0 Å². The third-order valence-corrected chi connectivity index (χ3v) is 3.62. The van der Waals surface area contributed by atoms with Gasteiger partial charge in [-0.2, -0.15) is 0 Å². The maximum absolute atomic E-state index is 12.0. The number of nitrogens with zero attached hydrogens (tertiary/aromatic N) is 1. The maximum atomic E-state index is 12.0. The zero-order valence-electron chi connectivity index (χ0n) is 12.2. The summed E-state index contributed by atoms with van der Waals surface area (Å²) in [5.74, 6) is 0.886. The second-order valence-corrected chi connectivity index (χ2v) is 5.25. The lowest BCUT2D eigenvalue weighted by atomic mass is 10.2. The van der Waals surface area contributed by atoms with Crippen molar-refractivity contribution < 1.29 is 9.53 Å². The Morgan fingerprint density at radius 2 is 1.90 bits per heavy atom. The number of hydrogen-bond acceptors (Lipinski definition) is 2. The monoisotopic (exact) mass is 276 g/mol. The minimum atomic E-state index is 0.0419. The molecule has 0 bridgehead atoms. The van der Waals surface area contributed by atoms with Crippen LogP contribution in [0.2, 0.25) is 0 Å². The first-order chi connectivity index (χ1) is 9.77. The van der Waals surface area contributed by atoms with Crippen LogP contribution in [-0.2, 0) is 0 Å². The first-order valence-electron chi connectivity index (χ1n) is 7.48. The van der Waals surface area contributed by atoms with Gasteiger partial charge in [-0.05, 0) is 31.4 Å². The van der Waals surface area contributed by atoms with E-state index in [0.29, 0.717) is 13.2 Å². The van der Waals surface area contributed by atoms with Crippen molar-refractivity contribution in [1.29, 1.82) is 0 Å². The second-order valence-electron chi connectivity index (χ2n) is 5.25. The number of amides is 2. The minimum absolute atomic E-state index is 0.0419. The number of ether oxygens (including phenoxy) is 1. The Bertz CT molecular complexity index is 426. The van der Waals surface area contributed by atoms with Gasteiger partial charge in [0.05, 0.1) is 6.54 Å². The molecule has 1 aromatic rings. The van der Waals surface area contributed by atoms with Crippen molar-refractivity contribution in [1.82, 2.24) is 10.2 Å². The highest BCUT2D eigenvalue weighted by Crippen LogP contribution is 2.15. The number of likely N-dealkylation sites (tertiary alicyclic amines) is 1. The highest BCUT2D eigenvalue weighted by atomic mass is 16.5. The van der Waals surface area contributed by atoms with Crippen LogP contribution >= 0.6 is 0 Å². The summed E-state index contributed by atoms with van der Waals surface area (Å²) < 4.78 is 5.67. The molecule has 1 aliphatic heterocycles. The van der Waals surface area contributed by atoms with Crippen LogP contribution in [0.1, 0.15) is 31.2 Å². The van der Waals surface area contributed by atoms with E-state index in [9.17, 15) is 4.79 Å². The third kappa shape index (κ3) is 4.44. The second kappa shape index (κ2) is 7.78. The van der Waals surface area contributed by atoms with Crippen LogP contribution in [0.3, 0.4) is 0 Å². The summed E-state index contributed by atoms with van der Waals surface area (Å²) in [5.41, 5.74) is 1.12. The number of nitrogens with one attached hydrogen (secondary N) is 1. The van der Waals surface area contributed by atoms with Gasteiger partial charge in [-0.3, -0.25) is 0 Å². The van der Waals surface area contributed by atoms with Crippen molar-refractivity contribution in [3.05, 3.63) is 29.8 Å². The molecule has 110 valence electrons. The topological polar surface area (TPSA) is 41.6 Å². The molecule has 1 heterocycles. The molecule has 0 aliphatic carbocycles. The zero-order valence-corrected chi connectivity index (χ0v) is 12.2. The van der Waals surface area contributed by atoms with Gasteiger partial charge in [-0.25, -0.2) is 4.79 Å². The van der Waals surface area contributed by atoms with E-state index in [4.69, 9.17) is 4.74 Å². The van der Waals surface area contributed by atoms with Crippen molar-refractivity contribution >= 4 is 6.03 Å². The van der Waals surface area contributed by atoms with E-state index in [2.05, 4.69) is 5.32 Å². The summed E-state index contributed by atoms with van der Waals surface area (Å²) in [6.07, 6.45) is 4.71. The first-order valence-corrected chi connectivity index (χ1v) is 7.48. The summed E-state index contributed by atoms with van der Waals surface area (Å²) in [6.45, 7) is 4.83. The third-order valence-electron chi connectivity index (χ3n) is 3.62. The standard InChI is InChI=1S/C16H24N2O2/c1-14-8-4-5-9-15(14)20-13-10-17-16(19)18-11-6-2-3-7-12-18/h4-5,8-9H,2-3,6-7,10-13H2,1H3,(H,17,19). The zero-order chi connectivity index (χ0) is 14.2. The summed E-state index contributed by atoms with van der Waals surface area (Å²) >= 11 is 0. The predicted octanol–water partition coefficient (Wildman–Crippen LogP) is 2.96. The number of urea groups is 1. The quantitative estimate of drug-likeness (QED) is 0.859. The number of benzene rings is 1. The van der Waals surface area contributed by atoms with Crippen molar-refractivity contribution in [2.45, 2.75) is 32.6 Å². The molecule has 20 heavy (non-hydrogen) atoms. The summed E-state index contributed by atoms with van der Waals surface area (Å²) in [6, 6.07) is 7.96. The van der Waals surface area contributed by atoms with E-state index in [0.717, 1.165) is 37.2 Å². The Balaban J connectivity index is 1.67. The first kappa shape index (κ1) is 14.7. The molecule has 1 fully saturated rings. The van der Waals surface area contributed by atoms with Crippen molar-refractivity contribution in [3.8, 4) is 5.75 Å². The molecular weight excluding hydrogens is 252 g/mol. The van der Waals surface area contributed by atoms with Gasteiger partial charge in [0.2, 0.25) is 0 Å². The molecule has 0 aromatic heterocycles. The van der Waals surface area contributed by atoms with Gasteiger partial charge in [0, 0.05) is 13.1 Å². The Morgan fingerprint density at radius 3 is 2.60 bits per heavy atom. The van der Waals surface area contributed by atoms with Crippen molar-refractivity contribution in [3.63, 3.8) is 0 Å². The number of rotatable bonds is 4. The largest absolute Gasteiger partial charge is 0.491 e. The fraction of sp³-hybridized carbons (Fsp3) is 0.562. The van der Waals surface area contributed by atoms with Crippen molar-refractivity contribution in [2.24, 2.45) is 0 Å². The number of para-hydroxylation sites is 1. The van der Waals surface area contributed by atoms with E-state index < -0.39 is 0 Å². The van der Waals surface area contributed by atoms with Crippen LogP contribution in [-0.4, -0.2) is 37.2 Å². The molecule has 4 heteroatoms. The normalized spacial score (nSPS) is 15.6. The highest BCUT2D eigenvalue weighted by Gasteiger charge is 2.14. The maximum Gasteiger partial charge on any atom is 0.317 e. The van der Waals surface area contributed by atoms with Crippen LogP contribution < -0.4 is 10.1 Å². The fourth-order valence-corrected chi connectivity index (χ4v) is 2.42. The Kier molecular flexibility index (Phi) is 5.71. The van der Waals surface area contributed by atoms with Crippen LogP contribution in [0.5, 0.6) is 5.75 Å². The number of aryl methyl sites for hydroxylation is 1. The van der Waals surface area contributed by atoms with Crippen LogP contribution in [0.4, 0.5) is 4.79 Å². The van der Waals surface area contributed by atoms with Gasteiger partial charge < -0.3 is 15.0 Å². The Morgan fingerprint density at radius 1 is 1.20 bits per heavy atom. The van der Waals surface area contributed by atoms with Gasteiger partial charge in [0.25, 0.3) is 0 Å². The number of hydrogen-bond donors (Lipinski definition) is 1. The summed E-state index contributed by atoms with van der Waals surface area (Å²) in [5, 5.41) is 2.93. The van der Waals surface area contributed by atoms with E-state index in [-0.39, 0.29) is 6.03 Å². The average molecular weight is 276 g/mol. The van der Waals surface area contributed by atoms with Gasteiger partial charge in [0.15, 0.2) is 0 Å². The minimum Gasteiger partial charge on any atom is -0.491 e. The number of carbonyl (C=O) groups excluding carboxylic acids is 1. The van der Waals surface area contributed by atoms with Crippen LogP contribution in [0.15, 0.2) is 24.3 Å². The molecule has 2 rings (SSSR count). The average Bonchev–Trinajstić information content (AvgIpc) is 2.74. The summed E-state index contributed by atoms with van der Waals surface area (Å²) in [4.78, 5) is 13.9. The fourth-order valence-electron chi connectivity index (χ4n) is 2.42. The molecule has 0 radical (unpaired) electrons. The SMILES string of the molecule is Cc1ccccc1OCCNC(=O)N1CCCCCC1. The summed E-state index contributed by atoms with van der Waals surface area (Å²) in [7, 11) is 0. The van der Waals surface area contributed by atoms with Crippen molar-refractivity contribution in [2.75, 3.05) is 26.2 Å². The lowest BCUT2D eigenvalue weighted by molar-refractivity contribution is 0.196. The molecule has 1 aromatic carbocycles. The van der Waals surface area contributed by atoms with Gasteiger partial charge in [-0.15, -0.1) is 0 Å². The molecule has 4 nitrogen and oxygen atoms in total. The molecule has 1 N–H and O–H groups in total. The molecule has 1 saturated heterocycles. The molecule has 0 atom stereocenters. The molecule has 1 aliphatic rings. The van der Waals surface area contributed by atoms with Gasteiger partial charge >= 0.3 is 6.03 Å². The van der Waals surface area contributed by atoms with Gasteiger partial charge in [0.1, 0.15) is 12.4 Å². The van der Waals surface area contributed by atoms with Gasteiger partial charge in [-0.1, -0.05) is 31.0 Å². The molecule has 0 spiro atoms. The van der Waals surface area contributed by atoms with E-state index in [1.54, 1.807) is 0 Å².